The molecule has 11 heteroatoms. The van der Waals surface area contributed by atoms with Crippen LogP contribution in [0.15, 0.2) is 64.3 Å². The van der Waals surface area contributed by atoms with E-state index in [1.165, 1.54) is 41.4 Å². The molecule has 2 aromatic carbocycles. The highest BCUT2D eigenvalue weighted by atomic mass is 16.6. The molecule has 3 aromatic heterocycles. The SMILES string of the molecule is Cc1cc(C)cc(-n2ncc3c(=O)n(Cc4nc(-c5ccc([N+](=O)[O-])cc5)no4)cnc32)c1. The number of rotatable bonds is 5. The standard InChI is InChI=1S/C22H17N7O4/c1-13-7-14(2)9-17(8-13)28-21-18(10-24-28)22(30)27(12-23-21)11-19-25-20(26-33-19)15-3-5-16(6-4-15)29(31)32/h3-10,12H,11H2,1-2H3. The van der Waals surface area contributed by atoms with Gasteiger partial charge >= 0.3 is 0 Å². The number of hydrogen-bond acceptors (Lipinski definition) is 8. The zero-order chi connectivity index (χ0) is 23.1. The van der Waals surface area contributed by atoms with E-state index in [1.807, 2.05) is 26.0 Å². The number of benzene rings is 2. The van der Waals surface area contributed by atoms with Crippen molar-refractivity contribution in [2.24, 2.45) is 0 Å². The molecule has 0 spiro atoms. The summed E-state index contributed by atoms with van der Waals surface area (Å²) in [5.74, 6) is 0.470. The van der Waals surface area contributed by atoms with Crippen LogP contribution in [0, 0.1) is 24.0 Å². The molecule has 0 amide bonds. The predicted octanol–water partition coefficient (Wildman–Crippen LogP) is 3.21. The van der Waals surface area contributed by atoms with Crippen LogP contribution in [-0.4, -0.2) is 34.4 Å². The van der Waals surface area contributed by atoms with Crippen molar-refractivity contribution >= 4 is 16.7 Å². The van der Waals surface area contributed by atoms with E-state index in [1.54, 1.807) is 4.68 Å². The van der Waals surface area contributed by atoms with Gasteiger partial charge in [-0.25, -0.2) is 9.67 Å². The Morgan fingerprint density at radius 1 is 1.09 bits per heavy atom. The quantitative estimate of drug-likeness (QED) is 0.298. The lowest BCUT2D eigenvalue weighted by Gasteiger charge is -2.06. The third kappa shape index (κ3) is 3.76. The van der Waals surface area contributed by atoms with Crippen LogP contribution >= 0.6 is 0 Å². The number of nitrogens with zero attached hydrogens (tertiary/aromatic N) is 7. The van der Waals surface area contributed by atoms with E-state index in [0.29, 0.717) is 16.6 Å². The van der Waals surface area contributed by atoms with Crippen molar-refractivity contribution in [1.82, 2.24) is 29.5 Å². The van der Waals surface area contributed by atoms with E-state index in [2.05, 4.69) is 26.3 Å². The molecule has 0 aliphatic carbocycles. The van der Waals surface area contributed by atoms with E-state index in [9.17, 15) is 14.9 Å². The van der Waals surface area contributed by atoms with Gasteiger partial charge in [-0.15, -0.1) is 0 Å². The van der Waals surface area contributed by atoms with Crippen LogP contribution in [0.2, 0.25) is 0 Å². The van der Waals surface area contributed by atoms with Crippen LogP contribution in [-0.2, 0) is 6.54 Å². The van der Waals surface area contributed by atoms with E-state index < -0.39 is 4.92 Å². The second-order valence-corrected chi connectivity index (χ2v) is 7.63. The molecule has 33 heavy (non-hydrogen) atoms. The Hall–Kier alpha value is -4.67. The maximum Gasteiger partial charge on any atom is 0.269 e. The summed E-state index contributed by atoms with van der Waals surface area (Å²) in [5, 5.41) is 19.4. The maximum absolute atomic E-state index is 13.0. The molecule has 0 atom stereocenters. The number of aromatic nitrogens is 6. The highest BCUT2D eigenvalue weighted by Gasteiger charge is 2.15. The van der Waals surface area contributed by atoms with Crippen molar-refractivity contribution < 1.29 is 9.45 Å². The number of nitro groups is 1. The molecule has 0 aliphatic rings. The van der Waals surface area contributed by atoms with Gasteiger partial charge in [0.05, 0.1) is 16.8 Å². The van der Waals surface area contributed by atoms with Gasteiger partial charge in [0.2, 0.25) is 11.7 Å². The molecule has 0 saturated carbocycles. The number of fused-ring (bicyclic) bond motifs is 1. The van der Waals surface area contributed by atoms with Crippen molar-refractivity contribution in [3.8, 4) is 17.1 Å². The summed E-state index contributed by atoms with van der Waals surface area (Å²) in [7, 11) is 0. The zero-order valence-corrected chi connectivity index (χ0v) is 17.7. The Balaban J connectivity index is 1.44. The van der Waals surface area contributed by atoms with Gasteiger partial charge in [0, 0.05) is 17.7 Å². The molecule has 0 radical (unpaired) electrons. The smallest absolute Gasteiger partial charge is 0.269 e. The van der Waals surface area contributed by atoms with Crippen molar-refractivity contribution in [2.45, 2.75) is 20.4 Å². The second-order valence-electron chi connectivity index (χ2n) is 7.63. The van der Waals surface area contributed by atoms with Crippen LogP contribution in [0.4, 0.5) is 5.69 Å². The number of non-ortho nitro benzene ring substituents is 1. The van der Waals surface area contributed by atoms with Gasteiger partial charge in [0.1, 0.15) is 18.3 Å². The van der Waals surface area contributed by atoms with Crippen LogP contribution in [0.25, 0.3) is 28.1 Å². The topological polar surface area (TPSA) is 135 Å². The first-order valence-corrected chi connectivity index (χ1v) is 9.98. The third-order valence-corrected chi connectivity index (χ3v) is 5.12. The average molecular weight is 443 g/mol. The molecule has 11 nitrogen and oxygen atoms in total. The largest absolute Gasteiger partial charge is 0.337 e. The van der Waals surface area contributed by atoms with Gasteiger partial charge in [-0.05, 0) is 49.2 Å². The van der Waals surface area contributed by atoms with Crippen molar-refractivity contribution in [3.05, 3.63) is 92.5 Å². The summed E-state index contributed by atoms with van der Waals surface area (Å²) in [6, 6.07) is 11.8. The Morgan fingerprint density at radius 2 is 1.82 bits per heavy atom. The van der Waals surface area contributed by atoms with E-state index >= 15 is 0 Å². The first kappa shape index (κ1) is 20.2. The van der Waals surface area contributed by atoms with Gasteiger partial charge in [-0.1, -0.05) is 11.2 Å². The first-order valence-electron chi connectivity index (χ1n) is 9.98. The second kappa shape index (κ2) is 7.79. The molecule has 5 rings (SSSR count). The van der Waals surface area contributed by atoms with Crippen molar-refractivity contribution in [3.63, 3.8) is 0 Å². The van der Waals surface area contributed by atoms with Gasteiger partial charge < -0.3 is 4.52 Å². The molecule has 164 valence electrons. The van der Waals surface area contributed by atoms with Gasteiger partial charge in [0.15, 0.2) is 5.65 Å². The van der Waals surface area contributed by atoms with Crippen LogP contribution in [0.3, 0.4) is 0 Å². The van der Waals surface area contributed by atoms with E-state index in [-0.39, 0.29) is 29.5 Å². The Kier molecular flexibility index (Phi) is 4.78. The molecule has 5 aromatic rings. The summed E-state index contributed by atoms with van der Waals surface area (Å²) in [6.07, 6.45) is 2.91. The number of hydrogen-bond donors (Lipinski definition) is 0. The van der Waals surface area contributed by atoms with Crippen LogP contribution < -0.4 is 5.56 Å². The molecule has 0 unspecified atom stereocenters. The van der Waals surface area contributed by atoms with Crippen molar-refractivity contribution in [1.29, 1.82) is 0 Å². The molecule has 3 heterocycles. The van der Waals surface area contributed by atoms with Crippen LogP contribution in [0.1, 0.15) is 17.0 Å². The molecular weight excluding hydrogens is 426 g/mol. The summed E-state index contributed by atoms with van der Waals surface area (Å²) < 4.78 is 8.27. The highest BCUT2D eigenvalue weighted by molar-refractivity contribution is 5.75. The lowest BCUT2D eigenvalue weighted by atomic mass is 10.1. The van der Waals surface area contributed by atoms with Gasteiger partial charge in [-0.3, -0.25) is 19.5 Å². The minimum Gasteiger partial charge on any atom is -0.337 e. The third-order valence-electron chi connectivity index (χ3n) is 5.12. The zero-order valence-electron chi connectivity index (χ0n) is 17.7. The fourth-order valence-corrected chi connectivity index (χ4v) is 3.64. The molecule has 0 fully saturated rings. The predicted molar refractivity (Wildman–Crippen MR) is 118 cm³/mol. The summed E-state index contributed by atoms with van der Waals surface area (Å²) in [4.78, 5) is 32.0. The summed E-state index contributed by atoms with van der Waals surface area (Å²) >= 11 is 0. The first-order chi connectivity index (χ1) is 15.9. The number of nitro benzene ring substituents is 1. The lowest BCUT2D eigenvalue weighted by molar-refractivity contribution is -0.384. The van der Waals surface area contributed by atoms with Crippen LogP contribution in [0.5, 0.6) is 0 Å². The fourth-order valence-electron chi connectivity index (χ4n) is 3.64. The lowest BCUT2D eigenvalue weighted by Crippen LogP contribution is -2.21. The molecule has 0 saturated heterocycles. The Labute approximate surface area is 186 Å². The Morgan fingerprint density at radius 3 is 2.52 bits per heavy atom. The van der Waals surface area contributed by atoms with E-state index in [4.69, 9.17) is 4.52 Å². The minimum atomic E-state index is -0.483. The molecular formula is C22H17N7O4. The normalized spacial score (nSPS) is 11.2. The van der Waals surface area contributed by atoms with Gasteiger partial charge in [-0.2, -0.15) is 10.1 Å². The summed E-state index contributed by atoms with van der Waals surface area (Å²) in [5.41, 5.74) is 3.70. The monoisotopic (exact) mass is 443 g/mol. The molecule has 0 bridgehead atoms. The average Bonchev–Trinajstić information content (AvgIpc) is 3.43. The molecule has 0 aliphatic heterocycles. The van der Waals surface area contributed by atoms with E-state index in [0.717, 1.165) is 16.8 Å². The summed E-state index contributed by atoms with van der Waals surface area (Å²) in [6.45, 7) is 4.02. The fraction of sp³-hybridized carbons (Fsp3) is 0.136. The highest BCUT2D eigenvalue weighted by Crippen LogP contribution is 2.20. The maximum atomic E-state index is 13.0. The van der Waals surface area contributed by atoms with Crippen molar-refractivity contribution in [2.75, 3.05) is 0 Å². The van der Waals surface area contributed by atoms with Gasteiger partial charge in [0.25, 0.3) is 11.2 Å². The molecule has 0 N–H and O–H groups in total. The Bertz CT molecular complexity index is 1540. The minimum absolute atomic E-state index is 0.0243. The number of aryl methyl sites for hydroxylation is 2.